The van der Waals surface area contributed by atoms with E-state index in [0.29, 0.717) is 8.95 Å². The number of carbonyl (C=O) groups excluding carboxylic acids is 2. The molecule has 0 aromatic heterocycles. The fraction of sp³-hybridized carbons (Fsp3) is 0. The molecule has 0 atom stereocenters. The Morgan fingerprint density at radius 3 is 2.17 bits per heavy atom. The van der Waals surface area contributed by atoms with Gasteiger partial charge in [-0.05, 0) is 28.1 Å². The van der Waals surface area contributed by atoms with E-state index >= 15 is 0 Å². The Bertz CT molecular complexity index is 591. The SMILES string of the molecule is O=C(O)c1cc(Br)cc(Br)c1N1C(=O)C=CC1=O. The second kappa shape index (κ2) is 4.66. The summed E-state index contributed by atoms with van der Waals surface area (Å²) in [4.78, 5) is 35.2. The Balaban J connectivity index is 2.67. The number of aromatic carboxylic acids is 1. The second-order valence-corrected chi connectivity index (χ2v) is 5.20. The summed E-state index contributed by atoms with van der Waals surface area (Å²) in [5.74, 6) is -2.35. The van der Waals surface area contributed by atoms with Crippen molar-refractivity contribution in [3.63, 3.8) is 0 Å². The van der Waals surface area contributed by atoms with Crippen LogP contribution < -0.4 is 4.90 Å². The first-order valence-corrected chi connectivity index (χ1v) is 6.29. The second-order valence-electron chi connectivity index (χ2n) is 3.43. The molecule has 0 unspecified atom stereocenters. The highest BCUT2D eigenvalue weighted by molar-refractivity contribution is 9.11. The largest absolute Gasteiger partial charge is 0.478 e. The molecule has 1 aliphatic rings. The average Bonchev–Trinajstić information content (AvgIpc) is 2.58. The summed E-state index contributed by atoms with van der Waals surface area (Å²) >= 11 is 6.32. The maximum absolute atomic E-state index is 11.6. The molecular formula is C11H5Br2NO4. The third-order valence-corrected chi connectivity index (χ3v) is 3.35. The van der Waals surface area contributed by atoms with Crippen molar-refractivity contribution >= 4 is 55.3 Å². The van der Waals surface area contributed by atoms with E-state index in [9.17, 15) is 14.4 Å². The summed E-state index contributed by atoms with van der Waals surface area (Å²) in [6.07, 6.45) is 2.20. The summed E-state index contributed by atoms with van der Waals surface area (Å²) in [6, 6.07) is 2.90. The van der Waals surface area contributed by atoms with E-state index in [1.165, 1.54) is 6.07 Å². The van der Waals surface area contributed by atoms with E-state index in [-0.39, 0.29) is 11.3 Å². The highest BCUT2D eigenvalue weighted by Gasteiger charge is 2.31. The molecule has 1 aliphatic heterocycles. The van der Waals surface area contributed by atoms with Gasteiger partial charge >= 0.3 is 5.97 Å². The summed E-state index contributed by atoms with van der Waals surface area (Å²) < 4.78 is 0.877. The van der Waals surface area contributed by atoms with E-state index in [1.807, 2.05) is 0 Å². The first kappa shape index (κ1) is 13.0. The quantitative estimate of drug-likeness (QED) is 0.806. The minimum absolute atomic E-state index is 0.0331. The molecule has 0 radical (unpaired) electrons. The number of benzene rings is 1. The van der Waals surface area contributed by atoms with Crippen LogP contribution in [-0.2, 0) is 9.59 Å². The van der Waals surface area contributed by atoms with E-state index in [1.54, 1.807) is 6.07 Å². The molecule has 2 amide bonds. The highest BCUT2D eigenvalue weighted by atomic mass is 79.9. The van der Waals surface area contributed by atoms with Crippen molar-refractivity contribution in [2.45, 2.75) is 0 Å². The van der Waals surface area contributed by atoms with Crippen LogP contribution in [0.2, 0.25) is 0 Å². The third-order valence-electron chi connectivity index (χ3n) is 2.29. The molecule has 0 aliphatic carbocycles. The van der Waals surface area contributed by atoms with Gasteiger partial charge in [0.1, 0.15) is 0 Å². The lowest BCUT2D eigenvalue weighted by atomic mass is 10.1. The summed E-state index contributed by atoms with van der Waals surface area (Å²) in [6.45, 7) is 0. The maximum Gasteiger partial charge on any atom is 0.337 e. The zero-order valence-electron chi connectivity index (χ0n) is 8.68. The van der Waals surface area contributed by atoms with Crippen molar-refractivity contribution in [3.8, 4) is 0 Å². The van der Waals surface area contributed by atoms with Crippen molar-refractivity contribution in [3.05, 3.63) is 38.8 Å². The number of carboxylic acids is 1. The molecule has 0 fully saturated rings. The first-order valence-electron chi connectivity index (χ1n) is 4.70. The lowest BCUT2D eigenvalue weighted by Crippen LogP contribution is -2.31. The molecule has 18 heavy (non-hydrogen) atoms. The van der Waals surface area contributed by atoms with Crippen molar-refractivity contribution in [1.29, 1.82) is 0 Å². The fourth-order valence-corrected chi connectivity index (χ4v) is 2.98. The van der Waals surface area contributed by atoms with E-state index in [2.05, 4.69) is 31.9 Å². The number of carboxylic acid groups (broad SMARTS) is 1. The van der Waals surface area contributed by atoms with E-state index < -0.39 is 17.8 Å². The molecule has 5 nitrogen and oxygen atoms in total. The zero-order chi connectivity index (χ0) is 13.4. The normalized spacial score (nSPS) is 14.4. The van der Waals surface area contributed by atoms with Crippen molar-refractivity contribution in [2.24, 2.45) is 0 Å². The molecule has 0 saturated heterocycles. The number of hydrogen-bond acceptors (Lipinski definition) is 3. The fourth-order valence-electron chi connectivity index (χ4n) is 1.58. The topological polar surface area (TPSA) is 74.7 Å². The molecule has 1 N–H and O–H groups in total. The Morgan fingerprint density at radius 1 is 1.11 bits per heavy atom. The average molecular weight is 375 g/mol. The number of amides is 2. The van der Waals surface area contributed by atoms with Gasteiger partial charge in [-0.25, -0.2) is 9.69 Å². The van der Waals surface area contributed by atoms with Crippen LogP contribution in [0.3, 0.4) is 0 Å². The first-order chi connectivity index (χ1) is 8.41. The molecule has 0 spiro atoms. The molecule has 0 bridgehead atoms. The van der Waals surface area contributed by atoms with Gasteiger partial charge < -0.3 is 5.11 Å². The molecule has 2 rings (SSSR count). The Hall–Kier alpha value is -1.47. The number of anilines is 1. The molecule has 1 aromatic carbocycles. The van der Waals surface area contributed by atoms with Gasteiger partial charge in [0.05, 0.1) is 11.3 Å². The predicted molar refractivity (Wildman–Crippen MR) is 70.4 cm³/mol. The summed E-state index contributed by atoms with van der Waals surface area (Å²) in [5, 5.41) is 9.14. The van der Waals surface area contributed by atoms with Crippen LogP contribution in [0.1, 0.15) is 10.4 Å². The lowest BCUT2D eigenvalue weighted by molar-refractivity contribution is -0.119. The monoisotopic (exact) mass is 373 g/mol. The van der Waals surface area contributed by atoms with E-state index in [0.717, 1.165) is 17.1 Å². The molecule has 1 aromatic rings. The van der Waals surface area contributed by atoms with Crippen LogP contribution in [0, 0.1) is 0 Å². The van der Waals surface area contributed by atoms with Gasteiger partial charge in [-0.1, -0.05) is 15.9 Å². The number of rotatable bonds is 2. The Kier molecular flexibility index (Phi) is 3.36. The van der Waals surface area contributed by atoms with Crippen LogP contribution in [0.4, 0.5) is 5.69 Å². The smallest absolute Gasteiger partial charge is 0.337 e. The van der Waals surface area contributed by atoms with Gasteiger partial charge in [-0.3, -0.25) is 9.59 Å². The number of nitrogens with zero attached hydrogens (tertiary/aromatic N) is 1. The van der Waals surface area contributed by atoms with E-state index in [4.69, 9.17) is 5.11 Å². The molecule has 92 valence electrons. The van der Waals surface area contributed by atoms with Crippen LogP contribution in [-0.4, -0.2) is 22.9 Å². The van der Waals surface area contributed by atoms with Crippen LogP contribution in [0.15, 0.2) is 33.2 Å². The minimum atomic E-state index is -1.22. The maximum atomic E-state index is 11.6. The highest BCUT2D eigenvalue weighted by Crippen LogP contribution is 2.35. The standard InChI is InChI=1S/C11H5Br2NO4/c12-5-3-6(11(17)18)10(7(13)4-5)14-8(15)1-2-9(14)16/h1-4H,(H,17,18). The molecule has 0 saturated carbocycles. The van der Waals surface area contributed by atoms with Crippen LogP contribution >= 0.6 is 31.9 Å². The molecule has 7 heteroatoms. The summed E-state index contributed by atoms with van der Waals surface area (Å²) in [7, 11) is 0. The summed E-state index contributed by atoms with van der Waals surface area (Å²) in [5.41, 5.74) is -0.104. The molecule has 1 heterocycles. The molecular weight excluding hydrogens is 370 g/mol. The van der Waals surface area contributed by atoms with Gasteiger partial charge in [0.2, 0.25) is 0 Å². The number of hydrogen-bond donors (Lipinski definition) is 1. The van der Waals surface area contributed by atoms with Gasteiger partial charge in [-0.15, -0.1) is 0 Å². The zero-order valence-corrected chi connectivity index (χ0v) is 11.9. The lowest BCUT2D eigenvalue weighted by Gasteiger charge is -2.18. The van der Waals surface area contributed by atoms with Crippen molar-refractivity contribution in [1.82, 2.24) is 0 Å². The van der Waals surface area contributed by atoms with Gasteiger partial charge in [-0.2, -0.15) is 0 Å². The van der Waals surface area contributed by atoms with Crippen molar-refractivity contribution < 1.29 is 19.5 Å². The Morgan fingerprint density at radius 2 is 1.67 bits per heavy atom. The Labute approximate surface area is 118 Å². The number of imide groups is 1. The van der Waals surface area contributed by atoms with Gasteiger partial charge in [0, 0.05) is 21.1 Å². The predicted octanol–water partition coefficient (Wildman–Crippen LogP) is 2.34. The van der Waals surface area contributed by atoms with Crippen LogP contribution in [0.5, 0.6) is 0 Å². The van der Waals surface area contributed by atoms with Gasteiger partial charge in [0.25, 0.3) is 11.8 Å². The third kappa shape index (κ3) is 2.11. The van der Waals surface area contributed by atoms with Gasteiger partial charge in [0.15, 0.2) is 0 Å². The van der Waals surface area contributed by atoms with Crippen LogP contribution in [0.25, 0.3) is 0 Å². The van der Waals surface area contributed by atoms with Crippen molar-refractivity contribution in [2.75, 3.05) is 4.90 Å². The number of carbonyl (C=O) groups is 3. The minimum Gasteiger partial charge on any atom is -0.478 e. The number of halogens is 2.